The molecule has 1 aliphatic heterocycles. The van der Waals surface area contributed by atoms with Gasteiger partial charge in [0, 0.05) is 5.69 Å². The normalized spacial score (nSPS) is 17.0. The predicted octanol–water partition coefficient (Wildman–Crippen LogP) is 4.86. The first kappa shape index (κ1) is 14.8. The van der Waals surface area contributed by atoms with Gasteiger partial charge in [0.1, 0.15) is 5.75 Å². The van der Waals surface area contributed by atoms with Crippen molar-refractivity contribution >= 4 is 5.69 Å². The second-order valence-corrected chi connectivity index (χ2v) is 5.36. The van der Waals surface area contributed by atoms with E-state index in [-0.39, 0.29) is 11.8 Å². The molecule has 0 radical (unpaired) electrons. The van der Waals surface area contributed by atoms with E-state index < -0.39 is 6.36 Å². The van der Waals surface area contributed by atoms with Gasteiger partial charge in [-0.15, -0.1) is 13.2 Å². The molecule has 2 nitrogen and oxygen atoms in total. The molecule has 0 fully saturated rings. The molecule has 0 saturated carbocycles. The predicted molar refractivity (Wildman–Crippen MR) is 79.0 cm³/mol. The Balaban J connectivity index is 1.77. The fourth-order valence-electron chi connectivity index (χ4n) is 2.72. The molecular weight excluding hydrogens is 291 g/mol. The Labute approximate surface area is 126 Å². The average molecular weight is 307 g/mol. The van der Waals surface area contributed by atoms with Crippen LogP contribution in [0.2, 0.25) is 0 Å². The maximum Gasteiger partial charge on any atom is 0.573 e. The standard InChI is InChI=1S/C17H16F3NO/c1-2-11-3-5-12(6-4-11)16-10-13-9-14(22-17(18,19)20)7-8-15(13)21-16/h3-9,16,21H,2,10H2,1H3. The van der Waals surface area contributed by atoms with Crippen molar-refractivity contribution in [3.05, 3.63) is 59.2 Å². The van der Waals surface area contributed by atoms with E-state index in [1.54, 1.807) is 6.07 Å². The lowest BCUT2D eigenvalue weighted by Gasteiger charge is -2.12. The van der Waals surface area contributed by atoms with E-state index in [9.17, 15) is 13.2 Å². The lowest BCUT2D eigenvalue weighted by atomic mass is 10.0. The zero-order valence-electron chi connectivity index (χ0n) is 12.1. The first-order chi connectivity index (χ1) is 10.4. The van der Waals surface area contributed by atoms with Gasteiger partial charge in [0.25, 0.3) is 0 Å². The summed E-state index contributed by atoms with van der Waals surface area (Å²) in [5.74, 6) is -0.171. The molecule has 0 saturated heterocycles. The van der Waals surface area contributed by atoms with Gasteiger partial charge < -0.3 is 10.1 Å². The van der Waals surface area contributed by atoms with Crippen molar-refractivity contribution in [3.63, 3.8) is 0 Å². The number of anilines is 1. The fourth-order valence-corrected chi connectivity index (χ4v) is 2.72. The second-order valence-electron chi connectivity index (χ2n) is 5.36. The highest BCUT2D eigenvalue weighted by atomic mass is 19.4. The summed E-state index contributed by atoms with van der Waals surface area (Å²) >= 11 is 0. The van der Waals surface area contributed by atoms with Crippen LogP contribution in [0.3, 0.4) is 0 Å². The smallest absolute Gasteiger partial charge is 0.406 e. The van der Waals surface area contributed by atoms with E-state index in [1.165, 1.54) is 17.7 Å². The molecule has 0 aliphatic carbocycles. The number of benzene rings is 2. The summed E-state index contributed by atoms with van der Waals surface area (Å²) in [6.07, 6.45) is -3.03. The van der Waals surface area contributed by atoms with E-state index in [0.717, 1.165) is 23.2 Å². The lowest BCUT2D eigenvalue weighted by Crippen LogP contribution is -2.17. The fraction of sp³-hybridized carbons (Fsp3) is 0.294. The summed E-state index contributed by atoms with van der Waals surface area (Å²) in [4.78, 5) is 0. The van der Waals surface area contributed by atoms with Gasteiger partial charge in [-0.3, -0.25) is 0 Å². The summed E-state index contributed by atoms with van der Waals surface area (Å²) < 4.78 is 40.8. The minimum absolute atomic E-state index is 0.0852. The Bertz CT molecular complexity index is 665. The minimum Gasteiger partial charge on any atom is -0.406 e. The van der Waals surface area contributed by atoms with E-state index in [2.05, 4.69) is 41.2 Å². The average Bonchev–Trinajstić information content (AvgIpc) is 2.89. The highest BCUT2D eigenvalue weighted by Gasteiger charge is 2.32. The molecule has 1 heterocycles. The summed E-state index contributed by atoms with van der Waals surface area (Å²) in [6.45, 7) is 2.10. The van der Waals surface area contributed by atoms with Gasteiger partial charge in [-0.25, -0.2) is 0 Å². The SMILES string of the molecule is CCc1ccc(C2Cc3cc(OC(F)(F)F)ccc3N2)cc1. The Morgan fingerprint density at radius 3 is 2.50 bits per heavy atom. The summed E-state index contributed by atoms with van der Waals surface area (Å²) in [7, 11) is 0. The molecule has 0 bridgehead atoms. The third kappa shape index (κ3) is 3.18. The summed E-state index contributed by atoms with van der Waals surface area (Å²) in [6, 6.07) is 12.8. The van der Waals surface area contributed by atoms with Crippen LogP contribution < -0.4 is 10.1 Å². The van der Waals surface area contributed by atoms with Crippen LogP contribution >= 0.6 is 0 Å². The van der Waals surface area contributed by atoms with Crippen LogP contribution in [0.5, 0.6) is 5.75 Å². The van der Waals surface area contributed by atoms with Gasteiger partial charge >= 0.3 is 6.36 Å². The minimum atomic E-state index is -4.66. The highest BCUT2D eigenvalue weighted by Crippen LogP contribution is 2.37. The van der Waals surface area contributed by atoms with Crippen molar-refractivity contribution < 1.29 is 17.9 Å². The number of alkyl halides is 3. The Morgan fingerprint density at radius 1 is 1.14 bits per heavy atom. The number of ether oxygens (including phenoxy) is 1. The first-order valence-corrected chi connectivity index (χ1v) is 7.18. The molecule has 3 rings (SSSR count). The van der Waals surface area contributed by atoms with Crippen molar-refractivity contribution in [3.8, 4) is 5.75 Å². The van der Waals surface area contributed by atoms with Gasteiger partial charge in [0.2, 0.25) is 0 Å². The first-order valence-electron chi connectivity index (χ1n) is 7.18. The largest absolute Gasteiger partial charge is 0.573 e. The van der Waals surface area contributed by atoms with Crippen molar-refractivity contribution in [2.75, 3.05) is 5.32 Å². The van der Waals surface area contributed by atoms with Gasteiger partial charge in [0.05, 0.1) is 6.04 Å². The molecule has 22 heavy (non-hydrogen) atoms. The zero-order valence-corrected chi connectivity index (χ0v) is 12.1. The number of halogens is 3. The molecule has 1 N–H and O–H groups in total. The van der Waals surface area contributed by atoms with Gasteiger partial charge in [-0.1, -0.05) is 31.2 Å². The van der Waals surface area contributed by atoms with E-state index in [0.29, 0.717) is 6.42 Å². The zero-order chi connectivity index (χ0) is 15.7. The molecule has 1 aliphatic rings. The Morgan fingerprint density at radius 2 is 1.86 bits per heavy atom. The molecule has 5 heteroatoms. The van der Waals surface area contributed by atoms with Crippen molar-refractivity contribution in [2.45, 2.75) is 32.2 Å². The Hall–Kier alpha value is -2.17. The lowest BCUT2D eigenvalue weighted by molar-refractivity contribution is -0.274. The molecule has 1 unspecified atom stereocenters. The monoisotopic (exact) mass is 307 g/mol. The number of nitrogens with one attached hydrogen (secondary N) is 1. The highest BCUT2D eigenvalue weighted by molar-refractivity contribution is 5.60. The summed E-state index contributed by atoms with van der Waals surface area (Å²) in [5, 5.41) is 3.34. The molecule has 1 atom stereocenters. The topological polar surface area (TPSA) is 21.3 Å². The van der Waals surface area contributed by atoms with Crippen molar-refractivity contribution in [1.29, 1.82) is 0 Å². The van der Waals surface area contributed by atoms with Crippen LogP contribution in [-0.4, -0.2) is 6.36 Å². The second kappa shape index (κ2) is 5.55. The number of rotatable bonds is 3. The molecule has 0 aromatic heterocycles. The van der Waals surface area contributed by atoms with Gasteiger partial charge in [0.15, 0.2) is 0 Å². The Kier molecular flexibility index (Phi) is 3.72. The van der Waals surface area contributed by atoms with Gasteiger partial charge in [-0.05, 0) is 47.7 Å². The van der Waals surface area contributed by atoms with Crippen molar-refractivity contribution in [1.82, 2.24) is 0 Å². The third-order valence-corrected chi connectivity index (χ3v) is 3.85. The number of hydrogen-bond acceptors (Lipinski definition) is 2. The van der Waals surface area contributed by atoms with E-state index in [1.807, 2.05) is 0 Å². The van der Waals surface area contributed by atoms with Gasteiger partial charge in [-0.2, -0.15) is 0 Å². The molecule has 2 aromatic carbocycles. The number of hydrogen-bond donors (Lipinski definition) is 1. The third-order valence-electron chi connectivity index (χ3n) is 3.85. The molecule has 2 aromatic rings. The van der Waals surface area contributed by atoms with Crippen LogP contribution in [0.25, 0.3) is 0 Å². The van der Waals surface area contributed by atoms with Crippen LogP contribution in [0, 0.1) is 0 Å². The number of fused-ring (bicyclic) bond motifs is 1. The van der Waals surface area contributed by atoms with Crippen LogP contribution in [0.1, 0.15) is 29.7 Å². The number of aryl methyl sites for hydroxylation is 1. The van der Waals surface area contributed by atoms with E-state index >= 15 is 0 Å². The van der Waals surface area contributed by atoms with Crippen LogP contribution in [0.4, 0.5) is 18.9 Å². The maximum absolute atomic E-state index is 12.3. The maximum atomic E-state index is 12.3. The van der Waals surface area contributed by atoms with Crippen LogP contribution in [-0.2, 0) is 12.8 Å². The van der Waals surface area contributed by atoms with E-state index in [4.69, 9.17) is 0 Å². The molecule has 116 valence electrons. The molecular formula is C17H16F3NO. The van der Waals surface area contributed by atoms with Crippen molar-refractivity contribution in [2.24, 2.45) is 0 Å². The summed E-state index contributed by atoms with van der Waals surface area (Å²) in [5.41, 5.74) is 4.09. The molecule has 0 spiro atoms. The molecule has 0 amide bonds. The van der Waals surface area contributed by atoms with Crippen LogP contribution in [0.15, 0.2) is 42.5 Å². The quantitative estimate of drug-likeness (QED) is 0.874.